The van der Waals surface area contributed by atoms with Gasteiger partial charge in [0, 0.05) is 38.1 Å². The van der Waals surface area contributed by atoms with Crippen LogP contribution in [0, 0.1) is 19.3 Å². The molecule has 0 radical (unpaired) electrons. The van der Waals surface area contributed by atoms with Crippen LogP contribution in [0.4, 0.5) is 0 Å². The number of aromatic nitrogens is 1. The SMILES string of the molecule is CCN1C[C@@H](c2ccccc2)CC2(CCN(C(=O)c3cnc(C)cc3C)CC2)C1. The Morgan fingerprint density at radius 1 is 1.17 bits per heavy atom. The standard InChI is InChI=1S/C25H33N3O/c1-4-27-17-22(21-8-6-5-7-9-21)15-25(18-27)10-12-28(13-11-25)24(29)23-16-26-20(3)14-19(23)2/h5-9,14,16,22H,4,10-13,15,17-18H2,1-3H3/t22-/m0/s1. The summed E-state index contributed by atoms with van der Waals surface area (Å²) in [5.41, 5.74) is 4.54. The first-order valence-corrected chi connectivity index (χ1v) is 11.0. The van der Waals surface area contributed by atoms with Crippen molar-refractivity contribution >= 4 is 5.91 Å². The molecule has 1 spiro atoms. The van der Waals surface area contributed by atoms with Crippen molar-refractivity contribution in [2.75, 3.05) is 32.7 Å². The molecule has 1 aromatic heterocycles. The third-order valence-corrected chi connectivity index (χ3v) is 7.02. The van der Waals surface area contributed by atoms with E-state index < -0.39 is 0 Å². The number of pyridine rings is 1. The number of hydrogen-bond donors (Lipinski definition) is 0. The van der Waals surface area contributed by atoms with Gasteiger partial charge in [0.15, 0.2) is 0 Å². The van der Waals surface area contributed by atoms with Crippen LogP contribution in [-0.4, -0.2) is 53.4 Å². The predicted octanol–water partition coefficient (Wildman–Crippen LogP) is 4.43. The Morgan fingerprint density at radius 3 is 2.55 bits per heavy atom. The van der Waals surface area contributed by atoms with Gasteiger partial charge in [-0.25, -0.2) is 0 Å². The van der Waals surface area contributed by atoms with Gasteiger partial charge in [0.1, 0.15) is 0 Å². The monoisotopic (exact) mass is 391 g/mol. The first kappa shape index (κ1) is 20.1. The van der Waals surface area contributed by atoms with E-state index in [9.17, 15) is 4.79 Å². The van der Waals surface area contributed by atoms with Crippen LogP contribution >= 0.6 is 0 Å². The number of likely N-dealkylation sites (N-methyl/N-ethyl adjacent to an activating group) is 1. The second-order valence-corrected chi connectivity index (χ2v) is 9.07. The van der Waals surface area contributed by atoms with Crippen LogP contribution in [0.15, 0.2) is 42.6 Å². The third-order valence-electron chi connectivity index (χ3n) is 7.02. The molecule has 4 heteroatoms. The molecule has 154 valence electrons. The molecule has 0 unspecified atom stereocenters. The van der Waals surface area contributed by atoms with Crippen LogP contribution < -0.4 is 0 Å². The molecule has 2 saturated heterocycles. The summed E-state index contributed by atoms with van der Waals surface area (Å²) in [6.07, 6.45) is 5.18. The average Bonchev–Trinajstić information content (AvgIpc) is 2.74. The zero-order valence-corrected chi connectivity index (χ0v) is 18.0. The second kappa shape index (κ2) is 8.27. The largest absolute Gasteiger partial charge is 0.339 e. The Bertz CT molecular complexity index is 856. The van der Waals surface area contributed by atoms with E-state index in [-0.39, 0.29) is 5.91 Å². The van der Waals surface area contributed by atoms with Crippen molar-refractivity contribution in [3.05, 3.63) is 65.0 Å². The number of carbonyl (C=O) groups excluding carboxylic acids is 1. The summed E-state index contributed by atoms with van der Waals surface area (Å²) in [7, 11) is 0. The number of likely N-dealkylation sites (tertiary alicyclic amines) is 2. The second-order valence-electron chi connectivity index (χ2n) is 9.07. The molecular weight excluding hydrogens is 358 g/mol. The Balaban J connectivity index is 1.47. The lowest BCUT2D eigenvalue weighted by atomic mass is 9.68. The van der Waals surface area contributed by atoms with E-state index in [4.69, 9.17) is 0 Å². The molecule has 0 bridgehead atoms. The highest BCUT2D eigenvalue weighted by atomic mass is 16.2. The lowest BCUT2D eigenvalue weighted by Crippen LogP contribution is -2.52. The van der Waals surface area contributed by atoms with Crippen LogP contribution in [-0.2, 0) is 0 Å². The van der Waals surface area contributed by atoms with Gasteiger partial charge in [-0.2, -0.15) is 0 Å². The quantitative estimate of drug-likeness (QED) is 0.777. The van der Waals surface area contributed by atoms with Crippen LogP contribution in [0.5, 0.6) is 0 Å². The maximum absolute atomic E-state index is 13.1. The minimum absolute atomic E-state index is 0.146. The van der Waals surface area contributed by atoms with Crippen molar-refractivity contribution in [2.45, 2.75) is 46.0 Å². The van der Waals surface area contributed by atoms with Gasteiger partial charge in [-0.05, 0) is 68.2 Å². The molecule has 4 nitrogen and oxygen atoms in total. The molecule has 2 aliphatic heterocycles. The lowest BCUT2D eigenvalue weighted by molar-refractivity contribution is 0.0158. The molecule has 4 rings (SSSR count). The Hall–Kier alpha value is -2.20. The number of carbonyl (C=O) groups is 1. The lowest BCUT2D eigenvalue weighted by Gasteiger charge is -2.50. The Morgan fingerprint density at radius 2 is 1.90 bits per heavy atom. The fourth-order valence-corrected chi connectivity index (χ4v) is 5.33. The van der Waals surface area contributed by atoms with E-state index in [1.807, 2.05) is 24.8 Å². The van der Waals surface area contributed by atoms with Crippen LogP contribution in [0.1, 0.15) is 59.3 Å². The van der Waals surface area contributed by atoms with E-state index in [1.165, 1.54) is 18.5 Å². The van der Waals surface area contributed by atoms with E-state index in [1.54, 1.807) is 6.20 Å². The fourth-order valence-electron chi connectivity index (χ4n) is 5.33. The smallest absolute Gasteiger partial charge is 0.255 e. The zero-order chi connectivity index (χ0) is 20.4. The maximum atomic E-state index is 13.1. The number of hydrogen-bond acceptors (Lipinski definition) is 3. The summed E-state index contributed by atoms with van der Waals surface area (Å²) in [4.78, 5) is 22.1. The molecule has 0 N–H and O–H groups in total. The number of nitrogens with zero attached hydrogens (tertiary/aromatic N) is 3. The minimum Gasteiger partial charge on any atom is -0.339 e. The Kier molecular flexibility index (Phi) is 5.73. The van der Waals surface area contributed by atoms with E-state index in [2.05, 4.69) is 47.1 Å². The van der Waals surface area contributed by atoms with Gasteiger partial charge in [0.25, 0.3) is 5.91 Å². The highest BCUT2D eigenvalue weighted by molar-refractivity contribution is 5.95. The molecular formula is C25H33N3O. The van der Waals surface area contributed by atoms with E-state index >= 15 is 0 Å². The van der Waals surface area contributed by atoms with E-state index in [0.717, 1.165) is 55.8 Å². The van der Waals surface area contributed by atoms with Gasteiger partial charge in [-0.3, -0.25) is 9.78 Å². The number of amides is 1. The van der Waals surface area contributed by atoms with Crippen molar-refractivity contribution in [3.63, 3.8) is 0 Å². The summed E-state index contributed by atoms with van der Waals surface area (Å²) < 4.78 is 0. The number of benzene rings is 1. The van der Waals surface area contributed by atoms with Crippen molar-refractivity contribution in [2.24, 2.45) is 5.41 Å². The van der Waals surface area contributed by atoms with Crippen molar-refractivity contribution in [1.82, 2.24) is 14.8 Å². The van der Waals surface area contributed by atoms with E-state index in [0.29, 0.717) is 11.3 Å². The van der Waals surface area contributed by atoms with Crippen LogP contribution in [0.2, 0.25) is 0 Å². The third kappa shape index (κ3) is 4.23. The Labute approximate surface area is 174 Å². The molecule has 2 aromatic rings. The summed E-state index contributed by atoms with van der Waals surface area (Å²) in [6, 6.07) is 13.0. The maximum Gasteiger partial charge on any atom is 0.255 e. The summed E-state index contributed by atoms with van der Waals surface area (Å²) in [5.74, 6) is 0.739. The minimum atomic E-state index is 0.146. The summed E-state index contributed by atoms with van der Waals surface area (Å²) in [5, 5.41) is 0. The molecule has 1 aromatic carbocycles. The first-order valence-electron chi connectivity index (χ1n) is 11.0. The molecule has 2 fully saturated rings. The first-order chi connectivity index (χ1) is 14.0. The number of rotatable bonds is 3. The van der Waals surface area contributed by atoms with Crippen LogP contribution in [0.3, 0.4) is 0 Å². The molecule has 0 saturated carbocycles. The molecule has 2 aliphatic rings. The molecule has 0 aliphatic carbocycles. The molecule has 3 heterocycles. The predicted molar refractivity (Wildman–Crippen MR) is 117 cm³/mol. The van der Waals surface area contributed by atoms with Crippen molar-refractivity contribution in [3.8, 4) is 0 Å². The molecule has 29 heavy (non-hydrogen) atoms. The van der Waals surface area contributed by atoms with Gasteiger partial charge >= 0.3 is 0 Å². The highest BCUT2D eigenvalue weighted by Gasteiger charge is 2.42. The summed E-state index contributed by atoms with van der Waals surface area (Å²) >= 11 is 0. The zero-order valence-electron chi connectivity index (χ0n) is 18.0. The number of aryl methyl sites for hydroxylation is 2. The molecule has 1 atom stereocenters. The van der Waals surface area contributed by atoms with Crippen molar-refractivity contribution in [1.29, 1.82) is 0 Å². The van der Waals surface area contributed by atoms with Gasteiger partial charge in [0.05, 0.1) is 5.56 Å². The average molecular weight is 392 g/mol. The normalized spacial score (nSPS) is 22.0. The fraction of sp³-hybridized carbons (Fsp3) is 0.520. The highest BCUT2D eigenvalue weighted by Crippen LogP contribution is 2.45. The van der Waals surface area contributed by atoms with Gasteiger partial charge in [-0.1, -0.05) is 37.3 Å². The van der Waals surface area contributed by atoms with Gasteiger partial charge in [0.2, 0.25) is 0 Å². The van der Waals surface area contributed by atoms with Crippen molar-refractivity contribution < 1.29 is 4.79 Å². The van der Waals surface area contributed by atoms with Gasteiger partial charge < -0.3 is 9.80 Å². The van der Waals surface area contributed by atoms with Gasteiger partial charge in [-0.15, -0.1) is 0 Å². The topological polar surface area (TPSA) is 36.4 Å². The van der Waals surface area contributed by atoms with Crippen LogP contribution in [0.25, 0.3) is 0 Å². The molecule has 1 amide bonds. The number of piperidine rings is 2. The summed E-state index contributed by atoms with van der Waals surface area (Å²) in [6.45, 7) is 11.4.